The van der Waals surface area contributed by atoms with E-state index < -0.39 is 5.91 Å². The minimum Gasteiger partial charge on any atom is -0.497 e. The first-order valence-electron chi connectivity index (χ1n) is 7.01. The van der Waals surface area contributed by atoms with Gasteiger partial charge in [0.15, 0.2) is 0 Å². The molecule has 2 amide bonds. The second-order valence-electron chi connectivity index (χ2n) is 4.78. The van der Waals surface area contributed by atoms with Crippen LogP contribution in [0.3, 0.4) is 0 Å². The first-order valence-corrected chi connectivity index (χ1v) is 8.00. The highest BCUT2D eigenvalue weighted by molar-refractivity contribution is 8.00. The van der Waals surface area contributed by atoms with Crippen molar-refractivity contribution >= 4 is 23.6 Å². The number of amides is 2. The largest absolute Gasteiger partial charge is 0.497 e. The first kappa shape index (κ1) is 16.9. The van der Waals surface area contributed by atoms with E-state index in [2.05, 4.69) is 5.32 Å². The Bertz CT molecular complexity index is 686. The fraction of sp³-hybridized carbons (Fsp3) is 0.176. The molecule has 0 aliphatic rings. The van der Waals surface area contributed by atoms with E-state index in [0.29, 0.717) is 12.1 Å². The molecule has 2 aromatic rings. The van der Waals surface area contributed by atoms with Gasteiger partial charge in [0.2, 0.25) is 5.91 Å². The second kappa shape index (κ2) is 8.24. The summed E-state index contributed by atoms with van der Waals surface area (Å²) in [4.78, 5) is 24.0. The van der Waals surface area contributed by atoms with Crippen LogP contribution >= 0.6 is 11.8 Å². The zero-order valence-electron chi connectivity index (χ0n) is 12.7. The van der Waals surface area contributed by atoms with Gasteiger partial charge in [-0.1, -0.05) is 24.3 Å². The third kappa shape index (κ3) is 5.03. The van der Waals surface area contributed by atoms with E-state index in [1.54, 1.807) is 25.3 Å². The average molecular weight is 330 g/mol. The number of carbonyl (C=O) groups excluding carboxylic acids is 2. The number of thioether (sulfide) groups is 1. The lowest BCUT2D eigenvalue weighted by Gasteiger charge is -2.10. The van der Waals surface area contributed by atoms with Crippen LogP contribution in [-0.2, 0) is 11.3 Å². The van der Waals surface area contributed by atoms with Crippen molar-refractivity contribution in [3.8, 4) is 5.75 Å². The molecule has 0 radical (unpaired) electrons. The maximum absolute atomic E-state index is 12.3. The Labute approximate surface area is 139 Å². The van der Waals surface area contributed by atoms with Crippen molar-refractivity contribution < 1.29 is 14.3 Å². The van der Waals surface area contributed by atoms with Crippen LogP contribution in [-0.4, -0.2) is 24.7 Å². The number of rotatable bonds is 7. The molecule has 5 nitrogen and oxygen atoms in total. The molecule has 6 heteroatoms. The monoisotopic (exact) mass is 330 g/mol. The van der Waals surface area contributed by atoms with Gasteiger partial charge in [0, 0.05) is 11.4 Å². The summed E-state index contributed by atoms with van der Waals surface area (Å²) in [6.45, 7) is 0.414. The highest BCUT2D eigenvalue weighted by Crippen LogP contribution is 2.22. The van der Waals surface area contributed by atoms with E-state index in [-0.39, 0.29) is 11.7 Å². The molecule has 0 saturated heterocycles. The molecule has 2 aromatic carbocycles. The van der Waals surface area contributed by atoms with Crippen molar-refractivity contribution in [2.24, 2.45) is 5.73 Å². The van der Waals surface area contributed by atoms with Gasteiger partial charge in [-0.25, -0.2) is 0 Å². The Morgan fingerprint density at radius 3 is 2.48 bits per heavy atom. The number of carbonyl (C=O) groups is 2. The zero-order valence-corrected chi connectivity index (χ0v) is 13.6. The van der Waals surface area contributed by atoms with Crippen LogP contribution in [0.5, 0.6) is 5.75 Å². The molecule has 23 heavy (non-hydrogen) atoms. The SMILES string of the molecule is COc1ccc(CNC(=O)c2ccccc2SCC(N)=O)cc1. The summed E-state index contributed by atoms with van der Waals surface area (Å²) in [6.07, 6.45) is 0. The third-order valence-electron chi connectivity index (χ3n) is 3.11. The molecule has 0 heterocycles. The lowest BCUT2D eigenvalue weighted by molar-refractivity contribution is -0.115. The molecule has 0 spiro atoms. The molecule has 2 rings (SSSR count). The summed E-state index contributed by atoms with van der Waals surface area (Å²) in [5.74, 6) is 0.313. The topological polar surface area (TPSA) is 81.4 Å². The predicted octanol–water partition coefficient (Wildman–Crippen LogP) is 2.20. The summed E-state index contributed by atoms with van der Waals surface area (Å²) >= 11 is 1.26. The number of primary amides is 1. The van der Waals surface area contributed by atoms with Crippen LogP contribution in [0.2, 0.25) is 0 Å². The molecule has 0 aliphatic carbocycles. The fourth-order valence-electron chi connectivity index (χ4n) is 1.95. The van der Waals surface area contributed by atoms with Gasteiger partial charge in [0.1, 0.15) is 5.75 Å². The number of hydrogen-bond donors (Lipinski definition) is 2. The number of nitrogens with two attached hydrogens (primary N) is 1. The van der Waals surface area contributed by atoms with Gasteiger partial charge < -0.3 is 15.8 Å². The van der Waals surface area contributed by atoms with Crippen LogP contribution in [0.25, 0.3) is 0 Å². The summed E-state index contributed by atoms with van der Waals surface area (Å²) < 4.78 is 5.10. The Morgan fingerprint density at radius 1 is 1.13 bits per heavy atom. The maximum atomic E-state index is 12.3. The molecular formula is C17H18N2O3S. The predicted molar refractivity (Wildman–Crippen MR) is 90.5 cm³/mol. The smallest absolute Gasteiger partial charge is 0.252 e. The Hall–Kier alpha value is -2.47. The van der Waals surface area contributed by atoms with E-state index in [4.69, 9.17) is 10.5 Å². The molecule has 0 aromatic heterocycles. The standard InChI is InChI=1S/C17H18N2O3S/c1-22-13-8-6-12(7-9-13)10-19-17(21)14-4-2-3-5-15(14)23-11-16(18)20/h2-9H,10-11H2,1H3,(H2,18,20)(H,19,21). The summed E-state index contributed by atoms with van der Waals surface area (Å²) in [6, 6.07) is 14.6. The number of ether oxygens (including phenoxy) is 1. The summed E-state index contributed by atoms with van der Waals surface area (Å²) in [5.41, 5.74) is 6.66. The van der Waals surface area contributed by atoms with Crippen molar-refractivity contribution in [2.75, 3.05) is 12.9 Å². The fourth-order valence-corrected chi connectivity index (χ4v) is 2.74. The van der Waals surface area contributed by atoms with E-state index >= 15 is 0 Å². The highest BCUT2D eigenvalue weighted by atomic mass is 32.2. The normalized spacial score (nSPS) is 10.1. The van der Waals surface area contributed by atoms with Crippen molar-refractivity contribution in [3.63, 3.8) is 0 Å². The van der Waals surface area contributed by atoms with Gasteiger partial charge in [0.25, 0.3) is 5.91 Å². The van der Waals surface area contributed by atoms with Crippen molar-refractivity contribution in [1.29, 1.82) is 0 Å². The highest BCUT2D eigenvalue weighted by Gasteiger charge is 2.11. The molecule has 0 fully saturated rings. The number of hydrogen-bond acceptors (Lipinski definition) is 4. The quantitative estimate of drug-likeness (QED) is 0.763. The Morgan fingerprint density at radius 2 is 1.83 bits per heavy atom. The van der Waals surface area contributed by atoms with E-state index in [0.717, 1.165) is 16.2 Å². The summed E-state index contributed by atoms with van der Waals surface area (Å²) in [5, 5.41) is 2.87. The van der Waals surface area contributed by atoms with E-state index in [1.165, 1.54) is 11.8 Å². The average Bonchev–Trinajstić information content (AvgIpc) is 2.58. The van der Waals surface area contributed by atoms with Crippen LogP contribution in [0.4, 0.5) is 0 Å². The van der Waals surface area contributed by atoms with Gasteiger partial charge in [0.05, 0.1) is 18.4 Å². The first-order chi connectivity index (χ1) is 11.1. The molecule has 0 unspecified atom stereocenters. The van der Waals surface area contributed by atoms with Gasteiger partial charge in [-0.15, -0.1) is 11.8 Å². The Balaban J connectivity index is 2.01. The van der Waals surface area contributed by atoms with Crippen LogP contribution in [0, 0.1) is 0 Å². The molecule has 0 atom stereocenters. The van der Waals surface area contributed by atoms with Gasteiger partial charge >= 0.3 is 0 Å². The third-order valence-corrected chi connectivity index (χ3v) is 4.21. The molecule has 3 N–H and O–H groups in total. The molecule has 0 saturated carbocycles. The van der Waals surface area contributed by atoms with Crippen molar-refractivity contribution in [1.82, 2.24) is 5.32 Å². The van der Waals surface area contributed by atoms with E-state index in [9.17, 15) is 9.59 Å². The molecule has 120 valence electrons. The van der Waals surface area contributed by atoms with Gasteiger partial charge in [-0.05, 0) is 29.8 Å². The molecule has 0 bridgehead atoms. The number of methoxy groups -OCH3 is 1. The van der Waals surface area contributed by atoms with Crippen LogP contribution < -0.4 is 15.8 Å². The van der Waals surface area contributed by atoms with Gasteiger partial charge in [-0.2, -0.15) is 0 Å². The Kier molecular flexibility index (Phi) is 6.05. The minimum atomic E-state index is -0.413. The zero-order chi connectivity index (χ0) is 16.7. The molecule has 0 aliphatic heterocycles. The van der Waals surface area contributed by atoms with Gasteiger partial charge in [-0.3, -0.25) is 9.59 Å². The van der Waals surface area contributed by atoms with Crippen LogP contribution in [0.15, 0.2) is 53.4 Å². The minimum absolute atomic E-state index is 0.142. The lowest BCUT2D eigenvalue weighted by Crippen LogP contribution is -2.23. The van der Waals surface area contributed by atoms with E-state index in [1.807, 2.05) is 30.3 Å². The number of nitrogens with one attached hydrogen (secondary N) is 1. The maximum Gasteiger partial charge on any atom is 0.252 e. The van der Waals surface area contributed by atoms with Crippen molar-refractivity contribution in [2.45, 2.75) is 11.4 Å². The number of benzene rings is 2. The van der Waals surface area contributed by atoms with Crippen molar-refractivity contribution in [3.05, 3.63) is 59.7 Å². The van der Waals surface area contributed by atoms with Crippen LogP contribution in [0.1, 0.15) is 15.9 Å². The summed E-state index contributed by atoms with van der Waals surface area (Å²) in [7, 11) is 1.61. The second-order valence-corrected chi connectivity index (χ2v) is 5.80. The molecular weight excluding hydrogens is 312 g/mol. The lowest BCUT2D eigenvalue weighted by atomic mass is 10.2.